The Morgan fingerprint density at radius 1 is 0.361 bits per heavy atom. The van der Waals surface area contributed by atoms with Gasteiger partial charge in [0.1, 0.15) is 0 Å². The molecule has 0 spiro atoms. The molecule has 2 heterocycles. The standard InChI is InChI=1S/C59H41NS/c1-59(2)52-29-24-41(38-15-7-3-8-16-38)33-48(52)49-36-45(25-30-53(49)59)58-57(40-19-11-5-12-20-40)47-28-23-44(37-56(47)61-58)43-27-32-55-51(35-43)50-34-42(39-17-9-4-10-18-39)26-31-54(50)60(55)46-21-13-6-14-22-46/h3-37H,1-2H3. The van der Waals surface area contributed by atoms with E-state index in [1.165, 1.54) is 115 Å². The molecule has 0 saturated carbocycles. The summed E-state index contributed by atoms with van der Waals surface area (Å²) >= 11 is 1.91. The predicted octanol–water partition coefficient (Wildman–Crippen LogP) is 16.6. The molecule has 1 aliphatic rings. The maximum Gasteiger partial charge on any atom is 0.0541 e. The molecule has 9 aromatic carbocycles. The van der Waals surface area contributed by atoms with Crippen LogP contribution in [0.3, 0.4) is 0 Å². The van der Waals surface area contributed by atoms with Crippen LogP contribution >= 0.6 is 11.3 Å². The van der Waals surface area contributed by atoms with Gasteiger partial charge in [-0.25, -0.2) is 0 Å². The van der Waals surface area contributed by atoms with Gasteiger partial charge in [-0.1, -0.05) is 172 Å². The third-order valence-corrected chi connectivity index (χ3v) is 14.2. The van der Waals surface area contributed by atoms with Crippen molar-refractivity contribution in [1.82, 2.24) is 4.57 Å². The van der Waals surface area contributed by atoms with Crippen LogP contribution in [0.2, 0.25) is 0 Å². The van der Waals surface area contributed by atoms with Crippen LogP contribution in [-0.4, -0.2) is 4.57 Å². The number of hydrogen-bond donors (Lipinski definition) is 0. The van der Waals surface area contributed by atoms with Crippen molar-refractivity contribution >= 4 is 43.2 Å². The third kappa shape index (κ3) is 5.74. The van der Waals surface area contributed by atoms with E-state index in [-0.39, 0.29) is 5.41 Å². The molecule has 61 heavy (non-hydrogen) atoms. The Bertz CT molecular complexity index is 3460. The van der Waals surface area contributed by atoms with Gasteiger partial charge in [-0.15, -0.1) is 11.3 Å². The monoisotopic (exact) mass is 795 g/mol. The van der Waals surface area contributed by atoms with Crippen molar-refractivity contribution in [3.8, 4) is 71.8 Å². The first-order valence-corrected chi connectivity index (χ1v) is 22.0. The second-order valence-electron chi connectivity index (χ2n) is 16.9. The third-order valence-electron chi connectivity index (χ3n) is 13.0. The fourth-order valence-corrected chi connectivity index (χ4v) is 11.2. The summed E-state index contributed by atoms with van der Waals surface area (Å²) in [6.45, 7) is 4.74. The first-order chi connectivity index (χ1) is 30.0. The smallest absolute Gasteiger partial charge is 0.0541 e. The number of thiophene rings is 1. The van der Waals surface area contributed by atoms with Crippen LogP contribution in [0.1, 0.15) is 25.0 Å². The van der Waals surface area contributed by atoms with Crippen molar-refractivity contribution in [3.05, 3.63) is 223 Å². The van der Waals surface area contributed by atoms with Gasteiger partial charge in [0.05, 0.1) is 11.0 Å². The van der Waals surface area contributed by atoms with Gasteiger partial charge in [-0.05, 0) is 121 Å². The molecule has 0 saturated heterocycles. The van der Waals surface area contributed by atoms with Crippen molar-refractivity contribution in [2.24, 2.45) is 0 Å². The van der Waals surface area contributed by atoms with E-state index in [1.54, 1.807) is 0 Å². The zero-order chi connectivity index (χ0) is 40.7. The Morgan fingerprint density at radius 3 is 1.39 bits per heavy atom. The fourth-order valence-electron chi connectivity index (χ4n) is 9.96. The molecule has 288 valence electrons. The van der Waals surface area contributed by atoms with Crippen molar-refractivity contribution < 1.29 is 0 Å². The minimum Gasteiger partial charge on any atom is -0.309 e. The highest BCUT2D eigenvalue weighted by molar-refractivity contribution is 7.23. The van der Waals surface area contributed by atoms with Gasteiger partial charge in [0.25, 0.3) is 0 Å². The summed E-state index contributed by atoms with van der Waals surface area (Å²) < 4.78 is 3.69. The highest BCUT2D eigenvalue weighted by atomic mass is 32.1. The maximum atomic E-state index is 2.47. The minimum atomic E-state index is -0.0760. The number of aromatic nitrogens is 1. The lowest BCUT2D eigenvalue weighted by molar-refractivity contribution is 0.660. The van der Waals surface area contributed by atoms with Crippen LogP contribution in [-0.2, 0) is 5.41 Å². The summed E-state index contributed by atoms with van der Waals surface area (Å²) in [5.74, 6) is 0. The number of para-hydroxylation sites is 1. The molecule has 0 fully saturated rings. The van der Waals surface area contributed by atoms with Crippen molar-refractivity contribution in [1.29, 1.82) is 0 Å². The van der Waals surface area contributed by atoms with Crippen LogP contribution in [0, 0.1) is 0 Å². The average molecular weight is 796 g/mol. The summed E-state index contributed by atoms with van der Waals surface area (Å²) in [7, 11) is 0. The molecule has 2 heteroatoms. The van der Waals surface area contributed by atoms with E-state index in [9.17, 15) is 0 Å². The Balaban J connectivity index is 1.02. The summed E-state index contributed by atoms with van der Waals surface area (Å²) in [6.07, 6.45) is 0. The van der Waals surface area contributed by atoms with Crippen molar-refractivity contribution in [2.75, 3.05) is 0 Å². The quantitative estimate of drug-likeness (QED) is 0.158. The molecule has 1 aliphatic carbocycles. The zero-order valence-electron chi connectivity index (χ0n) is 34.1. The topological polar surface area (TPSA) is 4.93 Å². The largest absolute Gasteiger partial charge is 0.309 e. The average Bonchev–Trinajstić information content (AvgIpc) is 3.94. The van der Waals surface area contributed by atoms with Gasteiger partial charge in [0, 0.05) is 42.4 Å². The molecule has 0 atom stereocenters. The number of nitrogens with zero attached hydrogens (tertiary/aromatic N) is 1. The fraction of sp³-hybridized carbons (Fsp3) is 0.0508. The second kappa shape index (κ2) is 13.9. The maximum absolute atomic E-state index is 2.47. The molecule has 0 N–H and O–H groups in total. The molecule has 0 amide bonds. The number of fused-ring (bicyclic) bond motifs is 7. The first kappa shape index (κ1) is 35.7. The summed E-state index contributed by atoms with van der Waals surface area (Å²) in [5.41, 5.74) is 20.2. The molecular formula is C59H41NS. The molecule has 11 aromatic rings. The van der Waals surface area contributed by atoms with Gasteiger partial charge >= 0.3 is 0 Å². The van der Waals surface area contributed by atoms with E-state index < -0.39 is 0 Å². The van der Waals surface area contributed by atoms with Gasteiger partial charge < -0.3 is 4.57 Å². The Labute approximate surface area is 360 Å². The molecule has 0 radical (unpaired) electrons. The van der Waals surface area contributed by atoms with Crippen LogP contribution in [0.25, 0.3) is 104 Å². The van der Waals surface area contributed by atoms with E-state index >= 15 is 0 Å². The molecule has 0 unspecified atom stereocenters. The number of rotatable bonds is 6. The van der Waals surface area contributed by atoms with Crippen molar-refractivity contribution in [3.63, 3.8) is 0 Å². The molecular weight excluding hydrogens is 755 g/mol. The van der Waals surface area contributed by atoms with Gasteiger partial charge in [-0.3, -0.25) is 0 Å². The minimum absolute atomic E-state index is 0.0760. The van der Waals surface area contributed by atoms with E-state index in [4.69, 9.17) is 0 Å². The zero-order valence-corrected chi connectivity index (χ0v) is 34.9. The molecule has 12 rings (SSSR count). The first-order valence-electron chi connectivity index (χ1n) is 21.2. The Kier molecular flexibility index (Phi) is 8.13. The van der Waals surface area contributed by atoms with Gasteiger partial charge in [-0.2, -0.15) is 0 Å². The highest BCUT2D eigenvalue weighted by Crippen LogP contribution is 2.53. The van der Waals surface area contributed by atoms with Crippen LogP contribution in [0.15, 0.2) is 212 Å². The van der Waals surface area contributed by atoms with E-state index in [0.29, 0.717) is 0 Å². The molecule has 0 bridgehead atoms. The predicted molar refractivity (Wildman–Crippen MR) is 261 cm³/mol. The summed E-state index contributed by atoms with van der Waals surface area (Å²) in [4.78, 5) is 1.31. The Hall–Kier alpha value is -7.26. The van der Waals surface area contributed by atoms with Gasteiger partial charge in [0.2, 0.25) is 0 Å². The molecule has 2 aromatic heterocycles. The molecule has 1 nitrogen and oxygen atoms in total. The number of hydrogen-bond acceptors (Lipinski definition) is 1. The molecule has 0 aliphatic heterocycles. The summed E-state index contributed by atoms with van der Waals surface area (Å²) in [6, 6.07) is 78.5. The SMILES string of the molecule is CC1(C)c2ccc(-c3ccccc3)cc2-c2cc(-c3sc4cc(-c5ccc6c(c5)c5cc(-c7ccccc7)ccc5n6-c5ccccc5)ccc4c3-c3ccccc3)ccc21. The van der Waals surface area contributed by atoms with E-state index in [1.807, 2.05) is 11.3 Å². The Morgan fingerprint density at radius 2 is 0.803 bits per heavy atom. The lowest BCUT2D eigenvalue weighted by Gasteiger charge is -2.21. The van der Waals surface area contributed by atoms with E-state index in [0.717, 1.165) is 0 Å². The summed E-state index contributed by atoms with van der Waals surface area (Å²) in [5, 5.41) is 3.80. The van der Waals surface area contributed by atoms with Crippen LogP contribution < -0.4 is 0 Å². The number of benzene rings is 9. The lowest BCUT2D eigenvalue weighted by atomic mass is 9.82. The normalized spacial score (nSPS) is 12.9. The van der Waals surface area contributed by atoms with Gasteiger partial charge in [0.15, 0.2) is 0 Å². The van der Waals surface area contributed by atoms with Crippen molar-refractivity contribution in [2.45, 2.75) is 19.3 Å². The second-order valence-corrected chi connectivity index (χ2v) is 17.9. The lowest BCUT2D eigenvalue weighted by Crippen LogP contribution is -2.14. The van der Waals surface area contributed by atoms with E-state index in [2.05, 4.69) is 231 Å². The van der Waals surface area contributed by atoms with Crippen LogP contribution in [0.5, 0.6) is 0 Å². The highest BCUT2D eigenvalue weighted by Gasteiger charge is 2.36. The van der Waals surface area contributed by atoms with Crippen LogP contribution in [0.4, 0.5) is 0 Å².